The zero-order valence-corrected chi connectivity index (χ0v) is 10.6. The quantitative estimate of drug-likeness (QED) is 0.710. The predicted molar refractivity (Wildman–Crippen MR) is 71.6 cm³/mol. The summed E-state index contributed by atoms with van der Waals surface area (Å²) >= 11 is 0. The Hall–Kier alpha value is -2.56. The van der Waals surface area contributed by atoms with E-state index in [0.29, 0.717) is 12.2 Å². The molecule has 0 saturated heterocycles. The summed E-state index contributed by atoms with van der Waals surface area (Å²) < 4.78 is 2.83. The molecule has 0 atom stereocenters. The Morgan fingerprint density at radius 2 is 1.95 bits per heavy atom. The normalized spacial score (nSPS) is 12.2. The molecule has 1 N–H and O–H groups in total. The second-order valence-electron chi connectivity index (χ2n) is 4.31. The molecule has 0 amide bonds. The van der Waals surface area contributed by atoms with E-state index in [1.807, 2.05) is 41.9 Å². The minimum Gasteiger partial charge on any atom is -0.427 e. The molecule has 2 aromatic heterocycles. The van der Waals surface area contributed by atoms with Gasteiger partial charge in [-0.2, -0.15) is 9.83 Å². The van der Waals surface area contributed by atoms with Gasteiger partial charge < -0.3 is 5.21 Å². The summed E-state index contributed by atoms with van der Waals surface area (Å²) in [4.78, 5) is 4.35. The smallest absolute Gasteiger partial charge is 0.165 e. The number of aromatic nitrogens is 3. The Morgan fingerprint density at radius 3 is 2.79 bits per heavy atom. The summed E-state index contributed by atoms with van der Waals surface area (Å²) in [6.07, 6.45) is 1.55. The molecular formula is C14H14N4O. The van der Waals surface area contributed by atoms with E-state index >= 15 is 0 Å². The Balaban J connectivity index is 2.03. The summed E-state index contributed by atoms with van der Waals surface area (Å²) in [6.45, 7) is 2.35. The zero-order chi connectivity index (χ0) is 13.2. The van der Waals surface area contributed by atoms with Crippen LogP contribution in [0.4, 0.5) is 0 Å². The molecule has 0 fully saturated rings. The maximum Gasteiger partial charge on any atom is 0.165 e. The number of benzene rings is 1. The van der Waals surface area contributed by atoms with Gasteiger partial charge in [-0.3, -0.25) is 0 Å². The SMILES string of the molecule is Cc1nn(C/N=c2\ccccn2O)c2ccccc12. The molecule has 0 radical (unpaired) electrons. The highest BCUT2D eigenvalue weighted by molar-refractivity contribution is 5.81. The average molecular weight is 254 g/mol. The van der Waals surface area contributed by atoms with E-state index in [2.05, 4.69) is 10.1 Å². The molecule has 5 nitrogen and oxygen atoms in total. The van der Waals surface area contributed by atoms with Crippen LogP contribution in [0.15, 0.2) is 53.7 Å². The lowest BCUT2D eigenvalue weighted by Crippen LogP contribution is -2.18. The highest BCUT2D eigenvalue weighted by Crippen LogP contribution is 2.17. The first-order chi connectivity index (χ1) is 9.25. The molecule has 0 spiro atoms. The van der Waals surface area contributed by atoms with Crippen molar-refractivity contribution in [1.82, 2.24) is 14.5 Å². The summed E-state index contributed by atoms with van der Waals surface area (Å²) in [5.74, 6) is 0. The Kier molecular flexibility index (Phi) is 2.79. The fraction of sp³-hybridized carbons (Fsp3) is 0.143. The number of rotatable bonds is 2. The Labute approximate surface area is 110 Å². The highest BCUT2D eigenvalue weighted by Gasteiger charge is 2.04. The molecule has 2 heterocycles. The summed E-state index contributed by atoms with van der Waals surface area (Å²) in [5, 5.41) is 15.2. The molecule has 5 heteroatoms. The van der Waals surface area contributed by atoms with Gasteiger partial charge >= 0.3 is 0 Å². The van der Waals surface area contributed by atoms with E-state index < -0.39 is 0 Å². The topological polar surface area (TPSA) is 55.3 Å². The molecule has 0 aliphatic rings. The molecule has 0 unspecified atom stereocenters. The molecule has 0 aliphatic heterocycles. The third kappa shape index (κ3) is 2.10. The molecule has 96 valence electrons. The molecular weight excluding hydrogens is 240 g/mol. The van der Waals surface area contributed by atoms with Crippen LogP contribution >= 0.6 is 0 Å². The summed E-state index contributed by atoms with van der Waals surface area (Å²) in [6, 6.07) is 13.4. The van der Waals surface area contributed by atoms with Gasteiger partial charge in [0.05, 0.1) is 11.2 Å². The van der Waals surface area contributed by atoms with Crippen LogP contribution < -0.4 is 5.49 Å². The lowest BCUT2D eigenvalue weighted by atomic mass is 10.2. The van der Waals surface area contributed by atoms with Gasteiger partial charge in [-0.15, -0.1) is 0 Å². The zero-order valence-electron chi connectivity index (χ0n) is 10.6. The average Bonchev–Trinajstić information content (AvgIpc) is 2.75. The third-order valence-electron chi connectivity index (χ3n) is 3.03. The monoisotopic (exact) mass is 254 g/mol. The van der Waals surface area contributed by atoms with Crippen LogP contribution in [0, 0.1) is 6.92 Å². The van der Waals surface area contributed by atoms with E-state index in [0.717, 1.165) is 21.3 Å². The highest BCUT2D eigenvalue weighted by atomic mass is 16.5. The number of para-hydroxylation sites is 1. The van der Waals surface area contributed by atoms with Gasteiger partial charge in [0, 0.05) is 11.6 Å². The van der Waals surface area contributed by atoms with Crippen LogP contribution in [-0.2, 0) is 6.67 Å². The van der Waals surface area contributed by atoms with Gasteiger partial charge in [-0.1, -0.05) is 24.3 Å². The largest absolute Gasteiger partial charge is 0.427 e. The van der Waals surface area contributed by atoms with Crippen LogP contribution in [-0.4, -0.2) is 19.7 Å². The van der Waals surface area contributed by atoms with Crippen molar-refractivity contribution in [2.45, 2.75) is 13.6 Å². The number of fused-ring (bicyclic) bond motifs is 1. The number of hydrogen-bond donors (Lipinski definition) is 1. The van der Waals surface area contributed by atoms with Crippen molar-refractivity contribution in [3.8, 4) is 0 Å². The van der Waals surface area contributed by atoms with Crippen molar-refractivity contribution in [3.63, 3.8) is 0 Å². The summed E-state index contributed by atoms with van der Waals surface area (Å²) in [7, 11) is 0. The van der Waals surface area contributed by atoms with Crippen LogP contribution in [0.1, 0.15) is 5.69 Å². The maximum absolute atomic E-state index is 9.60. The molecule has 1 aromatic carbocycles. The van der Waals surface area contributed by atoms with E-state index in [-0.39, 0.29) is 0 Å². The number of nitrogens with zero attached hydrogens (tertiary/aromatic N) is 4. The van der Waals surface area contributed by atoms with Crippen molar-refractivity contribution < 1.29 is 5.21 Å². The molecule has 19 heavy (non-hydrogen) atoms. The Bertz CT molecular complexity index is 785. The van der Waals surface area contributed by atoms with Crippen LogP contribution in [0.25, 0.3) is 10.9 Å². The second kappa shape index (κ2) is 4.61. The predicted octanol–water partition coefficient (Wildman–Crippen LogP) is 1.94. The van der Waals surface area contributed by atoms with Gasteiger partial charge in [-0.05, 0) is 25.1 Å². The number of aryl methyl sites for hydroxylation is 1. The fourth-order valence-electron chi connectivity index (χ4n) is 2.09. The van der Waals surface area contributed by atoms with Gasteiger partial charge in [0.1, 0.15) is 6.67 Å². The van der Waals surface area contributed by atoms with E-state index in [1.165, 1.54) is 0 Å². The van der Waals surface area contributed by atoms with E-state index in [4.69, 9.17) is 0 Å². The van der Waals surface area contributed by atoms with Gasteiger partial charge in [0.15, 0.2) is 5.49 Å². The number of hydrogen-bond acceptors (Lipinski definition) is 3. The lowest BCUT2D eigenvalue weighted by molar-refractivity contribution is 0.171. The molecule has 3 aromatic rings. The van der Waals surface area contributed by atoms with Crippen molar-refractivity contribution in [2.75, 3.05) is 0 Å². The molecule has 0 saturated carbocycles. The molecule has 0 bridgehead atoms. The van der Waals surface area contributed by atoms with E-state index in [9.17, 15) is 5.21 Å². The standard InChI is InChI=1S/C14H14N4O/c1-11-12-6-2-3-7-13(12)17(16-11)10-15-14-8-4-5-9-18(14)19/h2-9,19H,10H2,1H3/b15-14+. The van der Waals surface area contributed by atoms with Crippen molar-refractivity contribution in [1.29, 1.82) is 0 Å². The Morgan fingerprint density at radius 1 is 1.16 bits per heavy atom. The minimum atomic E-state index is 0.374. The van der Waals surface area contributed by atoms with Crippen LogP contribution in [0.5, 0.6) is 0 Å². The summed E-state index contributed by atoms with van der Waals surface area (Å²) in [5.41, 5.74) is 2.53. The minimum absolute atomic E-state index is 0.374. The van der Waals surface area contributed by atoms with Crippen molar-refractivity contribution >= 4 is 10.9 Å². The third-order valence-corrected chi connectivity index (χ3v) is 3.03. The lowest BCUT2D eigenvalue weighted by Gasteiger charge is -2.00. The van der Waals surface area contributed by atoms with Gasteiger partial charge in [-0.25, -0.2) is 9.67 Å². The first kappa shape index (κ1) is 11.5. The van der Waals surface area contributed by atoms with Crippen molar-refractivity contribution in [2.24, 2.45) is 4.99 Å². The van der Waals surface area contributed by atoms with Gasteiger partial charge in [0.25, 0.3) is 0 Å². The molecule has 3 rings (SSSR count). The fourth-order valence-corrected chi connectivity index (χ4v) is 2.09. The first-order valence-electron chi connectivity index (χ1n) is 6.05. The van der Waals surface area contributed by atoms with Crippen molar-refractivity contribution in [3.05, 3.63) is 59.8 Å². The first-order valence-corrected chi connectivity index (χ1v) is 6.05. The van der Waals surface area contributed by atoms with E-state index in [1.54, 1.807) is 18.3 Å². The number of pyridine rings is 1. The van der Waals surface area contributed by atoms with Crippen LogP contribution in [0.2, 0.25) is 0 Å². The maximum atomic E-state index is 9.60. The van der Waals surface area contributed by atoms with Crippen LogP contribution in [0.3, 0.4) is 0 Å². The molecule has 0 aliphatic carbocycles. The second-order valence-corrected chi connectivity index (χ2v) is 4.31. The van der Waals surface area contributed by atoms with Gasteiger partial charge in [0.2, 0.25) is 0 Å².